The number of aryl methyl sites for hydroxylation is 2. The summed E-state index contributed by atoms with van der Waals surface area (Å²) in [4.78, 5) is 19.2. The maximum absolute atomic E-state index is 12.6. The maximum atomic E-state index is 12.6. The van der Waals surface area contributed by atoms with E-state index in [0.717, 1.165) is 42.8 Å². The smallest absolute Gasteiger partial charge is 0.242 e. The Morgan fingerprint density at radius 1 is 1.17 bits per heavy atom. The quantitative estimate of drug-likeness (QED) is 0.941. The molecule has 0 bridgehead atoms. The normalized spacial score (nSPS) is 15.3. The van der Waals surface area contributed by atoms with Crippen LogP contribution in [0.15, 0.2) is 12.1 Å². The van der Waals surface area contributed by atoms with Crippen molar-refractivity contribution in [1.82, 2.24) is 14.5 Å². The standard InChI is InChI=1S/C18H25N3O2/c1-13-10-15-16(11-14(13)2)21(17(19-15)6-9-22)12-18(23)20-7-4-3-5-8-20/h10-11,22H,3-9,12H2,1-2H3. The molecule has 3 rings (SSSR count). The number of piperidine rings is 1. The number of aromatic nitrogens is 2. The number of hydrogen-bond donors (Lipinski definition) is 1. The Morgan fingerprint density at radius 2 is 1.87 bits per heavy atom. The van der Waals surface area contributed by atoms with Crippen molar-refractivity contribution in [1.29, 1.82) is 0 Å². The van der Waals surface area contributed by atoms with Gasteiger partial charge in [0, 0.05) is 19.5 Å². The first kappa shape index (κ1) is 16.0. The number of carbonyl (C=O) groups excluding carboxylic acids is 1. The van der Waals surface area contributed by atoms with Crippen LogP contribution in [0.2, 0.25) is 0 Å². The van der Waals surface area contributed by atoms with Gasteiger partial charge >= 0.3 is 0 Å². The van der Waals surface area contributed by atoms with Gasteiger partial charge in [-0.15, -0.1) is 0 Å². The van der Waals surface area contributed by atoms with E-state index >= 15 is 0 Å². The molecule has 1 saturated heterocycles. The van der Waals surface area contributed by atoms with Gasteiger partial charge in [-0.1, -0.05) is 0 Å². The van der Waals surface area contributed by atoms with Gasteiger partial charge in [0.05, 0.1) is 17.6 Å². The van der Waals surface area contributed by atoms with E-state index in [1.807, 2.05) is 9.47 Å². The Hall–Kier alpha value is -1.88. The number of hydrogen-bond acceptors (Lipinski definition) is 3. The highest BCUT2D eigenvalue weighted by Crippen LogP contribution is 2.22. The van der Waals surface area contributed by atoms with E-state index in [1.54, 1.807) is 0 Å². The molecular weight excluding hydrogens is 290 g/mol. The van der Waals surface area contributed by atoms with Crippen LogP contribution in [-0.4, -0.2) is 45.2 Å². The van der Waals surface area contributed by atoms with E-state index in [2.05, 4.69) is 31.0 Å². The molecule has 0 unspecified atom stereocenters. The van der Waals surface area contributed by atoms with Gasteiger partial charge in [0.1, 0.15) is 12.4 Å². The van der Waals surface area contributed by atoms with Crippen molar-refractivity contribution in [3.8, 4) is 0 Å². The molecule has 2 heterocycles. The average Bonchev–Trinajstić information content (AvgIpc) is 2.86. The molecule has 1 aliphatic rings. The lowest BCUT2D eigenvalue weighted by Crippen LogP contribution is -2.38. The summed E-state index contributed by atoms with van der Waals surface area (Å²) in [5.74, 6) is 0.944. The monoisotopic (exact) mass is 315 g/mol. The average molecular weight is 315 g/mol. The van der Waals surface area contributed by atoms with Gasteiger partial charge in [0.15, 0.2) is 0 Å². The summed E-state index contributed by atoms with van der Waals surface area (Å²) in [7, 11) is 0. The molecule has 0 aliphatic carbocycles. The number of rotatable bonds is 4. The number of nitrogens with zero attached hydrogens (tertiary/aromatic N) is 3. The molecule has 1 amide bonds. The fourth-order valence-electron chi connectivity index (χ4n) is 3.28. The van der Waals surface area contributed by atoms with Crippen molar-refractivity contribution in [2.75, 3.05) is 19.7 Å². The van der Waals surface area contributed by atoms with Gasteiger partial charge < -0.3 is 14.6 Å². The first-order valence-electron chi connectivity index (χ1n) is 8.45. The third-order valence-corrected chi connectivity index (χ3v) is 4.78. The summed E-state index contributed by atoms with van der Waals surface area (Å²) in [5.41, 5.74) is 4.28. The lowest BCUT2D eigenvalue weighted by atomic mass is 10.1. The molecule has 1 aliphatic heterocycles. The minimum atomic E-state index is 0.0409. The minimum absolute atomic E-state index is 0.0409. The Morgan fingerprint density at radius 3 is 2.57 bits per heavy atom. The molecule has 1 aromatic carbocycles. The molecule has 5 heteroatoms. The molecule has 0 atom stereocenters. The molecule has 23 heavy (non-hydrogen) atoms. The highest BCUT2D eigenvalue weighted by Gasteiger charge is 2.20. The first-order chi connectivity index (χ1) is 11.1. The summed E-state index contributed by atoms with van der Waals surface area (Å²) in [6.45, 7) is 6.22. The zero-order valence-electron chi connectivity index (χ0n) is 14.0. The second-order valence-corrected chi connectivity index (χ2v) is 6.45. The van der Waals surface area contributed by atoms with Crippen molar-refractivity contribution >= 4 is 16.9 Å². The Kier molecular flexibility index (Phi) is 4.66. The van der Waals surface area contributed by atoms with E-state index in [0.29, 0.717) is 13.0 Å². The second-order valence-electron chi connectivity index (χ2n) is 6.45. The van der Waals surface area contributed by atoms with Crippen LogP contribution in [0.1, 0.15) is 36.2 Å². The van der Waals surface area contributed by atoms with E-state index < -0.39 is 0 Å². The van der Waals surface area contributed by atoms with Crippen LogP contribution in [0.25, 0.3) is 11.0 Å². The molecule has 124 valence electrons. The molecule has 1 fully saturated rings. The molecule has 1 N–H and O–H groups in total. The molecule has 0 radical (unpaired) electrons. The van der Waals surface area contributed by atoms with Crippen LogP contribution < -0.4 is 0 Å². The zero-order valence-corrected chi connectivity index (χ0v) is 14.0. The first-order valence-corrected chi connectivity index (χ1v) is 8.45. The van der Waals surface area contributed by atoms with Crippen molar-refractivity contribution in [3.63, 3.8) is 0 Å². The van der Waals surface area contributed by atoms with Crippen molar-refractivity contribution in [2.24, 2.45) is 0 Å². The van der Waals surface area contributed by atoms with Crippen LogP contribution >= 0.6 is 0 Å². The van der Waals surface area contributed by atoms with Crippen molar-refractivity contribution in [2.45, 2.75) is 46.1 Å². The van der Waals surface area contributed by atoms with Crippen LogP contribution in [0.4, 0.5) is 0 Å². The van der Waals surface area contributed by atoms with Crippen LogP contribution in [0.3, 0.4) is 0 Å². The molecule has 2 aromatic rings. The number of aliphatic hydroxyl groups excluding tert-OH is 1. The number of imidazole rings is 1. The van der Waals surface area contributed by atoms with Crippen LogP contribution in [-0.2, 0) is 17.8 Å². The number of likely N-dealkylation sites (tertiary alicyclic amines) is 1. The fourth-order valence-corrected chi connectivity index (χ4v) is 3.28. The summed E-state index contributed by atoms with van der Waals surface area (Å²) in [6, 6.07) is 4.16. The predicted molar refractivity (Wildman–Crippen MR) is 90.4 cm³/mol. The summed E-state index contributed by atoms with van der Waals surface area (Å²) < 4.78 is 1.98. The third kappa shape index (κ3) is 3.24. The lowest BCUT2D eigenvalue weighted by molar-refractivity contribution is -0.132. The molecular formula is C18H25N3O2. The number of fused-ring (bicyclic) bond motifs is 1. The van der Waals surface area contributed by atoms with Gasteiger partial charge in [-0.25, -0.2) is 4.98 Å². The van der Waals surface area contributed by atoms with Gasteiger partial charge in [0.25, 0.3) is 0 Å². The minimum Gasteiger partial charge on any atom is -0.396 e. The van der Waals surface area contributed by atoms with E-state index in [9.17, 15) is 9.90 Å². The number of aliphatic hydroxyl groups is 1. The molecule has 1 aromatic heterocycles. The third-order valence-electron chi connectivity index (χ3n) is 4.78. The summed E-state index contributed by atoms with van der Waals surface area (Å²) in [6.07, 6.45) is 3.88. The van der Waals surface area contributed by atoms with Crippen molar-refractivity contribution < 1.29 is 9.90 Å². The van der Waals surface area contributed by atoms with Crippen molar-refractivity contribution in [3.05, 3.63) is 29.1 Å². The van der Waals surface area contributed by atoms with Gasteiger partial charge in [0.2, 0.25) is 5.91 Å². The highest BCUT2D eigenvalue weighted by atomic mass is 16.3. The lowest BCUT2D eigenvalue weighted by Gasteiger charge is -2.27. The Balaban J connectivity index is 1.95. The van der Waals surface area contributed by atoms with E-state index in [4.69, 9.17) is 0 Å². The van der Waals surface area contributed by atoms with Gasteiger partial charge in [-0.2, -0.15) is 0 Å². The number of amides is 1. The van der Waals surface area contributed by atoms with E-state index in [1.165, 1.54) is 17.5 Å². The zero-order chi connectivity index (χ0) is 16.4. The molecule has 0 spiro atoms. The van der Waals surface area contributed by atoms with Crippen LogP contribution in [0.5, 0.6) is 0 Å². The highest BCUT2D eigenvalue weighted by molar-refractivity contribution is 5.82. The molecule has 5 nitrogen and oxygen atoms in total. The fraction of sp³-hybridized carbons (Fsp3) is 0.556. The topological polar surface area (TPSA) is 58.4 Å². The van der Waals surface area contributed by atoms with Crippen LogP contribution in [0, 0.1) is 13.8 Å². The van der Waals surface area contributed by atoms with E-state index in [-0.39, 0.29) is 12.5 Å². The van der Waals surface area contributed by atoms with Gasteiger partial charge in [-0.3, -0.25) is 4.79 Å². The summed E-state index contributed by atoms with van der Waals surface area (Å²) >= 11 is 0. The largest absolute Gasteiger partial charge is 0.396 e. The number of carbonyl (C=O) groups is 1. The predicted octanol–water partition coefficient (Wildman–Crippen LogP) is 2.20. The second kappa shape index (κ2) is 6.71. The van der Waals surface area contributed by atoms with Gasteiger partial charge in [-0.05, 0) is 56.4 Å². The molecule has 0 saturated carbocycles. The Bertz CT molecular complexity index is 715. The maximum Gasteiger partial charge on any atom is 0.242 e. The number of benzene rings is 1. The SMILES string of the molecule is Cc1cc2nc(CCO)n(CC(=O)N3CCCCC3)c2cc1C. The summed E-state index contributed by atoms with van der Waals surface area (Å²) in [5, 5.41) is 9.31. The Labute approximate surface area is 136 Å².